The molecule has 1 unspecified atom stereocenters. The van der Waals surface area contributed by atoms with Gasteiger partial charge in [0.25, 0.3) is 0 Å². The molecule has 3 heteroatoms. The van der Waals surface area contributed by atoms with Crippen molar-refractivity contribution in [3.8, 4) is 0 Å². The van der Waals surface area contributed by atoms with Crippen LogP contribution in [0.15, 0.2) is 24.3 Å². The highest BCUT2D eigenvalue weighted by Gasteiger charge is 2.33. The first-order chi connectivity index (χ1) is 10.3. The molecule has 1 aliphatic heterocycles. The Kier molecular flexibility index (Phi) is 5.80. The Morgan fingerprint density at radius 3 is 2.33 bits per heavy atom. The number of benzene rings is 1. The first-order valence-corrected chi connectivity index (χ1v) is 8.34. The van der Waals surface area contributed by atoms with E-state index in [1.54, 1.807) is 0 Å². The maximum Gasteiger partial charge on any atom is 0.240 e. The van der Waals surface area contributed by atoms with Crippen LogP contribution < -0.4 is 5.32 Å². The minimum atomic E-state index is -0.0655. The molecule has 3 rings (SSSR count). The number of hydrogen-bond acceptors (Lipinski definition) is 2. The Balaban J connectivity index is 0.000000774. The summed E-state index contributed by atoms with van der Waals surface area (Å²) < 4.78 is 0. The van der Waals surface area contributed by atoms with Gasteiger partial charge in [0.1, 0.15) is 0 Å². The molecule has 0 saturated heterocycles. The summed E-state index contributed by atoms with van der Waals surface area (Å²) in [6.07, 6.45) is 5.68. The molecule has 1 saturated carbocycles. The van der Waals surface area contributed by atoms with Crippen molar-refractivity contribution in [1.29, 1.82) is 0 Å². The summed E-state index contributed by atoms with van der Waals surface area (Å²) in [6.45, 7) is 4.79. The van der Waals surface area contributed by atoms with E-state index in [1.165, 1.54) is 36.8 Å². The van der Waals surface area contributed by atoms with E-state index in [2.05, 4.69) is 34.5 Å². The van der Waals surface area contributed by atoms with Crippen molar-refractivity contribution in [2.45, 2.75) is 64.6 Å². The van der Waals surface area contributed by atoms with Crippen LogP contribution in [0.4, 0.5) is 0 Å². The summed E-state index contributed by atoms with van der Waals surface area (Å²) in [5.41, 5.74) is 2.64. The van der Waals surface area contributed by atoms with Gasteiger partial charge in [0.2, 0.25) is 5.91 Å². The largest absolute Gasteiger partial charge is 0.334 e. The average Bonchev–Trinajstić information content (AvgIpc) is 3.02. The van der Waals surface area contributed by atoms with Crippen molar-refractivity contribution in [1.82, 2.24) is 10.2 Å². The monoisotopic (exact) mass is 288 g/mol. The molecular weight excluding hydrogens is 260 g/mol. The highest BCUT2D eigenvalue weighted by Crippen LogP contribution is 2.28. The first kappa shape index (κ1) is 16.0. The van der Waals surface area contributed by atoms with Gasteiger partial charge in [0.15, 0.2) is 0 Å². The van der Waals surface area contributed by atoms with Gasteiger partial charge in [0, 0.05) is 12.6 Å². The van der Waals surface area contributed by atoms with Gasteiger partial charge >= 0.3 is 0 Å². The molecule has 0 bridgehead atoms. The molecule has 1 amide bonds. The first-order valence-electron chi connectivity index (χ1n) is 8.34. The number of amides is 1. The smallest absolute Gasteiger partial charge is 0.240 e. The van der Waals surface area contributed by atoms with E-state index in [4.69, 9.17) is 0 Å². The quantitative estimate of drug-likeness (QED) is 0.907. The Morgan fingerprint density at radius 2 is 1.71 bits per heavy atom. The van der Waals surface area contributed by atoms with Crippen LogP contribution in [0.5, 0.6) is 0 Å². The van der Waals surface area contributed by atoms with Crippen LogP contribution >= 0.6 is 0 Å². The second-order valence-electron chi connectivity index (χ2n) is 5.72. The molecule has 2 aliphatic rings. The van der Waals surface area contributed by atoms with E-state index in [1.807, 2.05) is 20.9 Å². The van der Waals surface area contributed by atoms with Crippen molar-refractivity contribution in [3.63, 3.8) is 0 Å². The van der Waals surface area contributed by atoms with Gasteiger partial charge < -0.3 is 10.2 Å². The van der Waals surface area contributed by atoms with Crippen LogP contribution in [0.1, 0.15) is 50.7 Å². The molecule has 1 aromatic carbocycles. The minimum absolute atomic E-state index is 0.0655. The topological polar surface area (TPSA) is 32.3 Å². The standard InChI is InChI=1S/C16H22N2O.C2H6/c1-17-15-10-12-6-2-3-7-13(12)11-18(16(15)19)14-8-4-5-9-14;1-2/h2-3,6-7,14-15,17H,4-5,8-11H2,1H3;1-2H3. The van der Waals surface area contributed by atoms with E-state index in [0.29, 0.717) is 6.04 Å². The zero-order valence-electron chi connectivity index (χ0n) is 13.6. The highest BCUT2D eigenvalue weighted by molar-refractivity contribution is 5.83. The molecular formula is C18H28N2O. The van der Waals surface area contributed by atoms with Crippen molar-refractivity contribution in [2.75, 3.05) is 7.05 Å². The second-order valence-corrected chi connectivity index (χ2v) is 5.72. The van der Waals surface area contributed by atoms with Crippen molar-refractivity contribution < 1.29 is 4.79 Å². The molecule has 3 nitrogen and oxygen atoms in total. The molecule has 1 fully saturated rings. The molecule has 0 spiro atoms. The maximum absolute atomic E-state index is 12.7. The highest BCUT2D eigenvalue weighted by atomic mass is 16.2. The van der Waals surface area contributed by atoms with Gasteiger partial charge in [-0.05, 0) is 37.4 Å². The fraction of sp³-hybridized carbons (Fsp3) is 0.611. The minimum Gasteiger partial charge on any atom is -0.334 e. The van der Waals surface area contributed by atoms with Gasteiger partial charge in [-0.15, -0.1) is 0 Å². The fourth-order valence-electron chi connectivity index (χ4n) is 3.43. The van der Waals surface area contributed by atoms with Gasteiger partial charge in [-0.2, -0.15) is 0 Å². The molecule has 116 valence electrons. The summed E-state index contributed by atoms with van der Waals surface area (Å²) in [5.74, 6) is 0.283. The zero-order chi connectivity index (χ0) is 15.2. The van der Waals surface area contributed by atoms with Gasteiger partial charge in [0.05, 0.1) is 6.04 Å². The molecule has 0 radical (unpaired) electrons. The lowest BCUT2D eigenvalue weighted by Crippen LogP contribution is -2.47. The number of rotatable bonds is 2. The lowest BCUT2D eigenvalue weighted by Gasteiger charge is -2.30. The molecule has 1 aromatic rings. The SMILES string of the molecule is CC.CNC1Cc2ccccc2CN(C2CCCC2)C1=O. The Labute approximate surface area is 128 Å². The third kappa shape index (κ3) is 3.46. The van der Waals surface area contributed by atoms with Crippen LogP contribution in [0.2, 0.25) is 0 Å². The molecule has 1 N–H and O–H groups in total. The molecule has 1 heterocycles. The van der Waals surface area contributed by atoms with E-state index < -0.39 is 0 Å². The number of carbonyl (C=O) groups excluding carboxylic acids is 1. The third-order valence-corrected chi connectivity index (χ3v) is 4.58. The lowest BCUT2D eigenvalue weighted by molar-refractivity contribution is -0.135. The van der Waals surface area contributed by atoms with E-state index in [-0.39, 0.29) is 11.9 Å². The molecule has 1 atom stereocenters. The Bertz CT molecular complexity index is 466. The van der Waals surface area contributed by atoms with Crippen LogP contribution in [0.25, 0.3) is 0 Å². The van der Waals surface area contributed by atoms with Crippen LogP contribution in [0.3, 0.4) is 0 Å². The second kappa shape index (κ2) is 7.60. The summed E-state index contributed by atoms with van der Waals surface area (Å²) >= 11 is 0. The number of carbonyl (C=O) groups is 1. The molecule has 21 heavy (non-hydrogen) atoms. The lowest BCUT2D eigenvalue weighted by atomic mass is 10.0. The molecule has 0 aromatic heterocycles. The Hall–Kier alpha value is -1.35. The van der Waals surface area contributed by atoms with E-state index >= 15 is 0 Å². The van der Waals surface area contributed by atoms with Crippen molar-refractivity contribution >= 4 is 5.91 Å². The number of nitrogens with zero attached hydrogens (tertiary/aromatic N) is 1. The number of likely N-dealkylation sites (N-methyl/N-ethyl adjacent to an activating group) is 1. The predicted molar refractivity (Wildman–Crippen MR) is 87.1 cm³/mol. The molecule has 1 aliphatic carbocycles. The predicted octanol–water partition coefficient (Wildman–Crippen LogP) is 3.13. The Morgan fingerprint density at radius 1 is 1.10 bits per heavy atom. The number of hydrogen-bond donors (Lipinski definition) is 1. The zero-order valence-corrected chi connectivity index (χ0v) is 13.6. The number of fused-ring (bicyclic) bond motifs is 1. The van der Waals surface area contributed by atoms with Crippen LogP contribution in [-0.4, -0.2) is 29.9 Å². The van der Waals surface area contributed by atoms with Gasteiger partial charge in [-0.3, -0.25) is 4.79 Å². The van der Waals surface area contributed by atoms with Crippen LogP contribution in [0, 0.1) is 0 Å². The van der Waals surface area contributed by atoms with E-state index in [9.17, 15) is 4.79 Å². The van der Waals surface area contributed by atoms with Gasteiger partial charge in [-0.1, -0.05) is 51.0 Å². The number of nitrogens with one attached hydrogen (secondary N) is 1. The fourth-order valence-corrected chi connectivity index (χ4v) is 3.43. The average molecular weight is 288 g/mol. The maximum atomic E-state index is 12.7. The summed E-state index contributed by atoms with van der Waals surface area (Å²) in [6, 6.07) is 8.86. The summed E-state index contributed by atoms with van der Waals surface area (Å²) in [5, 5.41) is 3.20. The normalized spacial score (nSPS) is 22.3. The van der Waals surface area contributed by atoms with Gasteiger partial charge in [-0.25, -0.2) is 0 Å². The van der Waals surface area contributed by atoms with Crippen LogP contribution in [-0.2, 0) is 17.8 Å². The summed E-state index contributed by atoms with van der Waals surface area (Å²) in [7, 11) is 1.89. The van der Waals surface area contributed by atoms with Crippen molar-refractivity contribution in [3.05, 3.63) is 35.4 Å². The third-order valence-electron chi connectivity index (χ3n) is 4.58. The van der Waals surface area contributed by atoms with Crippen molar-refractivity contribution in [2.24, 2.45) is 0 Å². The van der Waals surface area contributed by atoms with E-state index in [0.717, 1.165) is 13.0 Å². The summed E-state index contributed by atoms with van der Waals surface area (Å²) in [4.78, 5) is 14.8.